The van der Waals surface area contributed by atoms with E-state index in [-0.39, 0.29) is 18.4 Å². The Hall–Kier alpha value is -3.16. The van der Waals surface area contributed by atoms with E-state index in [1.54, 1.807) is 30.6 Å². The van der Waals surface area contributed by atoms with Crippen molar-refractivity contribution < 1.29 is 9.59 Å². The van der Waals surface area contributed by atoms with Gasteiger partial charge in [0.05, 0.1) is 0 Å². The summed E-state index contributed by atoms with van der Waals surface area (Å²) < 4.78 is 0. The van der Waals surface area contributed by atoms with Crippen LogP contribution >= 0.6 is 0 Å². The van der Waals surface area contributed by atoms with Gasteiger partial charge in [0.1, 0.15) is 0 Å². The number of hydrogen-bond donors (Lipinski definition) is 2. The smallest absolute Gasteiger partial charge is 0.319 e. The second kappa shape index (κ2) is 8.80. The normalized spacial score (nSPS) is 14.0. The van der Waals surface area contributed by atoms with Gasteiger partial charge < -0.3 is 20.4 Å². The molecule has 0 saturated carbocycles. The molecule has 3 amide bonds. The number of hydrogen-bond acceptors (Lipinski definition) is 5. The molecule has 26 heavy (non-hydrogen) atoms. The first-order valence-electron chi connectivity index (χ1n) is 8.62. The Balaban J connectivity index is 1.36. The molecule has 0 aliphatic carbocycles. The number of aromatic nitrogens is 2. The highest BCUT2D eigenvalue weighted by molar-refractivity contribution is 5.89. The molecule has 8 nitrogen and oxygen atoms in total. The monoisotopic (exact) mass is 354 g/mol. The molecule has 1 aliphatic rings. The van der Waals surface area contributed by atoms with Gasteiger partial charge in [0.25, 0.3) is 0 Å². The molecular weight excluding hydrogens is 332 g/mol. The number of urea groups is 1. The van der Waals surface area contributed by atoms with Crippen molar-refractivity contribution in [1.82, 2.24) is 20.2 Å². The number of amides is 3. The molecule has 1 saturated heterocycles. The Morgan fingerprint density at radius 1 is 0.962 bits per heavy atom. The Bertz CT molecular complexity index is 717. The molecule has 1 aromatic heterocycles. The standard InChI is InChI=1S/C18H22N6O2/c25-16(7-10-21-18(26)22-15-5-2-1-3-6-15)23-11-13-24(14-12-23)17-19-8-4-9-20-17/h1-6,8-9H,7,10-14H2,(H2,21,22,26). The van der Waals surface area contributed by atoms with E-state index >= 15 is 0 Å². The van der Waals surface area contributed by atoms with Crippen molar-refractivity contribution in [2.24, 2.45) is 0 Å². The van der Waals surface area contributed by atoms with Crippen LogP contribution in [0.15, 0.2) is 48.8 Å². The zero-order chi connectivity index (χ0) is 18.2. The van der Waals surface area contributed by atoms with Crippen molar-refractivity contribution in [2.45, 2.75) is 6.42 Å². The molecule has 0 atom stereocenters. The number of rotatable bonds is 5. The van der Waals surface area contributed by atoms with Crippen molar-refractivity contribution in [3.8, 4) is 0 Å². The lowest BCUT2D eigenvalue weighted by molar-refractivity contribution is -0.131. The predicted octanol–water partition coefficient (Wildman–Crippen LogP) is 1.34. The first-order chi connectivity index (χ1) is 12.7. The van der Waals surface area contributed by atoms with Gasteiger partial charge in [-0.2, -0.15) is 0 Å². The number of carbonyl (C=O) groups excluding carboxylic acids is 2. The average molecular weight is 354 g/mol. The molecule has 3 rings (SSSR count). The van der Waals surface area contributed by atoms with E-state index in [0.29, 0.717) is 38.7 Å². The third kappa shape index (κ3) is 4.92. The quantitative estimate of drug-likeness (QED) is 0.846. The van der Waals surface area contributed by atoms with Gasteiger partial charge in [-0.05, 0) is 18.2 Å². The molecule has 0 bridgehead atoms. The Labute approximate surface area is 152 Å². The Kier molecular flexibility index (Phi) is 5.97. The number of nitrogens with one attached hydrogen (secondary N) is 2. The van der Waals surface area contributed by atoms with Crippen molar-refractivity contribution in [3.63, 3.8) is 0 Å². The van der Waals surface area contributed by atoms with Crippen LogP contribution in [0, 0.1) is 0 Å². The molecule has 0 unspecified atom stereocenters. The molecule has 1 aliphatic heterocycles. The highest BCUT2D eigenvalue weighted by Gasteiger charge is 2.22. The second-order valence-corrected chi connectivity index (χ2v) is 5.91. The lowest BCUT2D eigenvalue weighted by atomic mass is 10.3. The van der Waals surface area contributed by atoms with Crippen LogP contribution in [0.4, 0.5) is 16.4 Å². The van der Waals surface area contributed by atoms with Crippen molar-refractivity contribution in [1.29, 1.82) is 0 Å². The van der Waals surface area contributed by atoms with E-state index in [9.17, 15) is 9.59 Å². The number of nitrogens with zero attached hydrogens (tertiary/aromatic N) is 4. The van der Waals surface area contributed by atoms with Crippen molar-refractivity contribution in [2.75, 3.05) is 42.9 Å². The molecule has 136 valence electrons. The highest BCUT2D eigenvalue weighted by atomic mass is 16.2. The number of piperazine rings is 1. The molecular formula is C18H22N6O2. The van der Waals surface area contributed by atoms with Crippen LogP contribution in [0.3, 0.4) is 0 Å². The fourth-order valence-corrected chi connectivity index (χ4v) is 2.75. The number of benzene rings is 1. The third-order valence-corrected chi connectivity index (χ3v) is 4.12. The summed E-state index contributed by atoms with van der Waals surface area (Å²) >= 11 is 0. The lowest BCUT2D eigenvalue weighted by Crippen LogP contribution is -2.49. The first kappa shape index (κ1) is 17.7. The van der Waals surface area contributed by atoms with E-state index in [1.165, 1.54) is 0 Å². The fraction of sp³-hybridized carbons (Fsp3) is 0.333. The minimum absolute atomic E-state index is 0.0404. The van der Waals surface area contributed by atoms with Gasteiger partial charge in [-0.3, -0.25) is 4.79 Å². The molecule has 1 fully saturated rings. The summed E-state index contributed by atoms with van der Waals surface area (Å²) in [7, 11) is 0. The van der Waals surface area contributed by atoms with E-state index in [4.69, 9.17) is 0 Å². The Morgan fingerprint density at radius 2 is 1.65 bits per heavy atom. The van der Waals surface area contributed by atoms with Gasteiger partial charge in [-0.15, -0.1) is 0 Å². The number of anilines is 2. The summed E-state index contributed by atoms with van der Waals surface area (Å²) in [4.78, 5) is 36.4. The average Bonchev–Trinajstić information content (AvgIpc) is 2.69. The lowest BCUT2D eigenvalue weighted by Gasteiger charge is -2.34. The third-order valence-electron chi connectivity index (χ3n) is 4.12. The van der Waals surface area contributed by atoms with Crippen LogP contribution in [0.25, 0.3) is 0 Å². The molecule has 0 spiro atoms. The van der Waals surface area contributed by atoms with E-state index in [1.807, 2.05) is 23.1 Å². The minimum Gasteiger partial charge on any atom is -0.339 e. The van der Waals surface area contributed by atoms with Gasteiger partial charge in [0.15, 0.2) is 0 Å². The first-order valence-corrected chi connectivity index (χ1v) is 8.62. The SMILES string of the molecule is O=C(NCCC(=O)N1CCN(c2ncccn2)CC1)Nc1ccccc1. The molecule has 1 aromatic carbocycles. The molecule has 8 heteroatoms. The van der Waals surface area contributed by atoms with Gasteiger partial charge in [-0.1, -0.05) is 18.2 Å². The van der Waals surface area contributed by atoms with Crippen LogP contribution in [-0.2, 0) is 4.79 Å². The van der Waals surface area contributed by atoms with E-state index in [0.717, 1.165) is 5.69 Å². The summed E-state index contributed by atoms with van der Waals surface area (Å²) in [5.74, 6) is 0.734. The largest absolute Gasteiger partial charge is 0.339 e. The predicted molar refractivity (Wildman–Crippen MR) is 98.9 cm³/mol. The summed E-state index contributed by atoms with van der Waals surface area (Å²) in [6.07, 6.45) is 3.71. The van der Waals surface area contributed by atoms with Gasteiger partial charge >= 0.3 is 6.03 Å². The maximum Gasteiger partial charge on any atom is 0.319 e. The van der Waals surface area contributed by atoms with E-state index < -0.39 is 0 Å². The molecule has 0 radical (unpaired) electrons. The summed E-state index contributed by atoms with van der Waals surface area (Å²) in [5, 5.41) is 5.43. The van der Waals surface area contributed by atoms with Crippen LogP contribution < -0.4 is 15.5 Å². The number of carbonyl (C=O) groups is 2. The van der Waals surface area contributed by atoms with Crippen LogP contribution in [-0.4, -0.2) is 59.5 Å². The molecule has 2 heterocycles. The summed E-state index contributed by atoms with van der Waals surface area (Å²) in [6.45, 7) is 2.98. The van der Waals surface area contributed by atoms with Gasteiger partial charge in [-0.25, -0.2) is 14.8 Å². The molecule has 2 N–H and O–H groups in total. The van der Waals surface area contributed by atoms with Gasteiger partial charge in [0.2, 0.25) is 11.9 Å². The topological polar surface area (TPSA) is 90.5 Å². The van der Waals surface area contributed by atoms with E-state index in [2.05, 4.69) is 25.5 Å². The van der Waals surface area contributed by atoms with Crippen LogP contribution in [0.1, 0.15) is 6.42 Å². The van der Waals surface area contributed by atoms with Crippen molar-refractivity contribution in [3.05, 3.63) is 48.8 Å². The summed E-state index contributed by atoms with van der Waals surface area (Å²) in [6, 6.07) is 10.7. The maximum atomic E-state index is 12.3. The zero-order valence-electron chi connectivity index (χ0n) is 14.5. The number of para-hydroxylation sites is 1. The zero-order valence-corrected chi connectivity index (χ0v) is 14.5. The van der Waals surface area contributed by atoms with Crippen LogP contribution in [0.2, 0.25) is 0 Å². The van der Waals surface area contributed by atoms with Crippen LogP contribution in [0.5, 0.6) is 0 Å². The van der Waals surface area contributed by atoms with Crippen molar-refractivity contribution >= 4 is 23.6 Å². The minimum atomic E-state index is -0.310. The Morgan fingerprint density at radius 3 is 2.35 bits per heavy atom. The second-order valence-electron chi connectivity index (χ2n) is 5.91. The van der Waals surface area contributed by atoms with Gasteiger partial charge in [0, 0.05) is 57.2 Å². The highest BCUT2D eigenvalue weighted by Crippen LogP contribution is 2.10. The summed E-state index contributed by atoms with van der Waals surface area (Å²) in [5.41, 5.74) is 0.718. The molecule has 2 aromatic rings. The fourth-order valence-electron chi connectivity index (χ4n) is 2.75. The maximum absolute atomic E-state index is 12.3.